The molecule has 1 unspecified atom stereocenters. The zero-order valence-electron chi connectivity index (χ0n) is 12.4. The summed E-state index contributed by atoms with van der Waals surface area (Å²) < 4.78 is 0. The molecule has 0 saturated carbocycles. The summed E-state index contributed by atoms with van der Waals surface area (Å²) in [6, 6.07) is 19.1. The largest absolute Gasteiger partial charge is 0.312 e. The first-order valence-corrected chi connectivity index (χ1v) is 7.91. The van der Waals surface area contributed by atoms with Crippen LogP contribution in [0, 0.1) is 5.92 Å². The van der Waals surface area contributed by atoms with Crippen molar-refractivity contribution in [1.29, 1.82) is 0 Å². The van der Waals surface area contributed by atoms with Gasteiger partial charge in [0.15, 0.2) is 12.2 Å². The molecule has 1 aliphatic carbocycles. The van der Waals surface area contributed by atoms with Crippen LogP contribution < -0.4 is 9.88 Å². The number of hydrogen-bond donors (Lipinski definition) is 1. The molecule has 0 spiro atoms. The van der Waals surface area contributed by atoms with Crippen molar-refractivity contribution in [2.75, 3.05) is 0 Å². The number of benzene rings is 1. The minimum Gasteiger partial charge on any atom is -0.312 e. The first kappa shape index (κ1) is 12.8. The van der Waals surface area contributed by atoms with Crippen molar-refractivity contribution >= 4 is 0 Å². The molecule has 2 nitrogen and oxygen atoms in total. The minimum absolute atomic E-state index is 0.518. The van der Waals surface area contributed by atoms with E-state index in [-0.39, 0.29) is 0 Å². The first-order chi connectivity index (χ1) is 10.3. The third-order valence-corrected chi connectivity index (χ3v) is 5.20. The molecule has 1 saturated heterocycles. The lowest BCUT2D eigenvalue weighted by Crippen LogP contribution is -3.14. The summed E-state index contributed by atoms with van der Waals surface area (Å²) in [5.74, 6) is 0.676. The fourth-order valence-corrected chi connectivity index (χ4v) is 4.23. The summed E-state index contributed by atoms with van der Waals surface area (Å²) >= 11 is 0. The van der Waals surface area contributed by atoms with Gasteiger partial charge in [0.05, 0.1) is 0 Å². The van der Waals surface area contributed by atoms with Gasteiger partial charge in [-0.25, -0.2) is 4.98 Å². The van der Waals surface area contributed by atoms with Gasteiger partial charge in [-0.3, -0.25) is 0 Å². The molecule has 4 rings (SSSR count). The Hall–Kier alpha value is -1.93. The summed E-state index contributed by atoms with van der Waals surface area (Å²) in [5.41, 5.74) is 2.81. The van der Waals surface area contributed by atoms with Gasteiger partial charge >= 0.3 is 0 Å². The molecule has 0 radical (unpaired) electrons. The Kier molecular flexibility index (Phi) is 3.12. The van der Waals surface area contributed by atoms with Crippen molar-refractivity contribution in [2.24, 2.45) is 5.92 Å². The lowest BCUT2D eigenvalue weighted by molar-refractivity contribution is -0.970. The molecule has 1 aromatic heterocycles. The van der Waals surface area contributed by atoms with E-state index in [2.05, 4.69) is 78.8 Å². The molecule has 106 valence electrons. The zero-order chi connectivity index (χ0) is 14.2. The summed E-state index contributed by atoms with van der Waals surface area (Å²) in [5, 5.41) is 0. The van der Waals surface area contributed by atoms with Gasteiger partial charge in [0, 0.05) is 30.0 Å². The van der Waals surface area contributed by atoms with Gasteiger partial charge in [0.1, 0.15) is 12.1 Å². The fourth-order valence-electron chi connectivity index (χ4n) is 4.23. The number of fused-ring (bicyclic) bond motifs is 2. The molecule has 2 aliphatic rings. The van der Waals surface area contributed by atoms with Crippen molar-refractivity contribution < 1.29 is 9.88 Å². The maximum Gasteiger partial charge on any atom is 0.238 e. The minimum atomic E-state index is 0.518. The summed E-state index contributed by atoms with van der Waals surface area (Å²) in [4.78, 5) is 5.17. The Morgan fingerprint density at radius 1 is 1.05 bits per heavy atom. The molecule has 5 atom stereocenters. The van der Waals surface area contributed by atoms with E-state index < -0.39 is 0 Å². The smallest absolute Gasteiger partial charge is 0.238 e. The van der Waals surface area contributed by atoms with Gasteiger partial charge < -0.3 is 4.90 Å². The highest BCUT2D eigenvalue weighted by molar-refractivity contribution is 5.20. The molecule has 2 bridgehead atoms. The molecule has 2 N–H and O–H groups in total. The second-order valence-corrected chi connectivity index (χ2v) is 6.32. The number of quaternary nitrogens is 1. The predicted octanol–water partition coefficient (Wildman–Crippen LogP) is 2.15. The van der Waals surface area contributed by atoms with E-state index in [0.29, 0.717) is 24.0 Å². The summed E-state index contributed by atoms with van der Waals surface area (Å²) in [6.07, 6.45) is 8.20. The quantitative estimate of drug-likeness (QED) is 0.830. The standard InChI is InChI=1S/C19H20N2/c1-14(15-7-3-2-4-8-15)21-17-11-10-16(13-17)19(21)18-9-5-6-12-20-18/h2-12,14,16-17,19H,13H2,1H3/p+2/t14-,16-,17+,19-/m0/s1. The Balaban J connectivity index is 1.71. The van der Waals surface area contributed by atoms with Crippen LogP contribution in [0.25, 0.3) is 0 Å². The van der Waals surface area contributed by atoms with Crippen molar-refractivity contribution in [1.82, 2.24) is 0 Å². The van der Waals surface area contributed by atoms with Gasteiger partial charge in [-0.05, 0) is 19.1 Å². The van der Waals surface area contributed by atoms with Crippen LogP contribution in [0.5, 0.6) is 0 Å². The number of hydrogen-bond acceptors (Lipinski definition) is 0. The Bertz CT molecular complexity index is 635. The number of likely N-dealkylation sites (tertiary alicyclic amines) is 1. The number of aromatic nitrogens is 1. The molecule has 2 heterocycles. The van der Waals surface area contributed by atoms with Crippen molar-refractivity contribution in [3.05, 3.63) is 78.1 Å². The van der Waals surface area contributed by atoms with Crippen LogP contribution in [-0.2, 0) is 0 Å². The second-order valence-electron chi connectivity index (χ2n) is 6.32. The topological polar surface area (TPSA) is 18.6 Å². The van der Waals surface area contributed by atoms with Gasteiger partial charge in [-0.1, -0.05) is 36.4 Å². The highest BCUT2D eigenvalue weighted by Crippen LogP contribution is 2.35. The lowest BCUT2D eigenvalue weighted by atomic mass is 9.96. The number of aromatic amines is 1. The van der Waals surface area contributed by atoms with E-state index in [1.165, 1.54) is 17.7 Å². The van der Waals surface area contributed by atoms with E-state index in [0.717, 1.165) is 0 Å². The molecule has 0 amide bonds. The number of pyridine rings is 1. The highest BCUT2D eigenvalue weighted by atomic mass is 15.3. The van der Waals surface area contributed by atoms with Gasteiger partial charge in [-0.15, -0.1) is 0 Å². The van der Waals surface area contributed by atoms with E-state index >= 15 is 0 Å². The molecule has 21 heavy (non-hydrogen) atoms. The van der Waals surface area contributed by atoms with Crippen LogP contribution in [0.4, 0.5) is 0 Å². The molecule has 2 aromatic rings. The summed E-state index contributed by atoms with van der Waals surface area (Å²) in [6.45, 7) is 2.37. The zero-order valence-corrected chi connectivity index (χ0v) is 12.4. The van der Waals surface area contributed by atoms with E-state index in [1.54, 1.807) is 4.90 Å². The van der Waals surface area contributed by atoms with Crippen LogP contribution in [-0.4, -0.2) is 6.04 Å². The molecular weight excluding hydrogens is 256 g/mol. The van der Waals surface area contributed by atoms with Crippen molar-refractivity contribution in [3.63, 3.8) is 0 Å². The highest BCUT2D eigenvalue weighted by Gasteiger charge is 2.52. The molecular formula is C19H22N2+2. The van der Waals surface area contributed by atoms with Gasteiger partial charge in [-0.2, -0.15) is 0 Å². The van der Waals surface area contributed by atoms with E-state index in [4.69, 9.17) is 0 Å². The van der Waals surface area contributed by atoms with Crippen molar-refractivity contribution in [3.8, 4) is 0 Å². The maximum atomic E-state index is 3.48. The maximum absolute atomic E-state index is 3.48. The third-order valence-electron chi connectivity index (χ3n) is 5.20. The molecule has 1 aliphatic heterocycles. The summed E-state index contributed by atoms with van der Waals surface area (Å²) in [7, 11) is 0. The second kappa shape index (κ2) is 5.12. The van der Waals surface area contributed by atoms with Crippen LogP contribution >= 0.6 is 0 Å². The first-order valence-electron chi connectivity index (χ1n) is 7.91. The molecule has 1 fully saturated rings. The van der Waals surface area contributed by atoms with Crippen LogP contribution in [0.1, 0.15) is 36.7 Å². The van der Waals surface area contributed by atoms with Crippen LogP contribution in [0.15, 0.2) is 66.9 Å². The molecule has 1 aromatic carbocycles. The normalized spacial score (nSPS) is 31.5. The Morgan fingerprint density at radius 2 is 1.86 bits per heavy atom. The average Bonchev–Trinajstić information content (AvgIpc) is 3.17. The van der Waals surface area contributed by atoms with Crippen molar-refractivity contribution in [2.45, 2.75) is 31.5 Å². The Morgan fingerprint density at radius 3 is 2.62 bits per heavy atom. The van der Waals surface area contributed by atoms with Gasteiger partial charge in [0.2, 0.25) is 5.69 Å². The van der Waals surface area contributed by atoms with E-state index in [9.17, 15) is 0 Å². The number of nitrogens with one attached hydrogen (secondary N) is 2. The fraction of sp³-hybridized carbons (Fsp3) is 0.316. The van der Waals surface area contributed by atoms with Gasteiger partial charge in [0.25, 0.3) is 0 Å². The average molecular weight is 278 g/mol. The van der Waals surface area contributed by atoms with E-state index in [1.807, 2.05) is 0 Å². The monoisotopic (exact) mass is 278 g/mol. The third kappa shape index (κ3) is 2.11. The number of rotatable bonds is 3. The van der Waals surface area contributed by atoms with Crippen LogP contribution in [0.3, 0.4) is 0 Å². The SMILES string of the molecule is C[C@@H](c1ccccc1)[NH+]1[C@@H]2C=C[C@@H](C2)[C@H]1c1cccc[nH+]1. The molecule has 2 heteroatoms. The number of H-pyrrole nitrogens is 1. The Labute approximate surface area is 126 Å². The predicted molar refractivity (Wildman–Crippen MR) is 82.6 cm³/mol. The lowest BCUT2D eigenvalue weighted by Gasteiger charge is -2.32. The van der Waals surface area contributed by atoms with Crippen LogP contribution in [0.2, 0.25) is 0 Å².